The van der Waals surface area contributed by atoms with Crippen LogP contribution in [0.2, 0.25) is 0 Å². The number of aromatic nitrogens is 1. The van der Waals surface area contributed by atoms with Crippen molar-refractivity contribution in [1.29, 1.82) is 0 Å². The molecule has 3 aromatic rings. The largest absolute Gasteiger partial charge is 0.332 e. The summed E-state index contributed by atoms with van der Waals surface area (Å²) in [6.45, 7) is 3.08. The summed E-state index contributed by atoms with van der Waals surface area (Å²) in [5.41, 5.74) is 4.10. The Labute approximate surface area is 187 Å². The molecule has 0 spiro atoms. The van der Waals surface area contributed by atoms with E-state index in [1.807, 2.05) is 36.4 Å². The molecule has 31 heavy (non-hydrogen) atoms. The summed E-state index contributed by atoms with van der Waals surface area (Å²) in [6.07, 6.45) is 4.48. The van der Waals surface area contributed by atoms with Gasteiger partial charge < -0.3 is 9.80 Å². The second-order valence-electron chi connectivity index (χ2n) is 7.52. The van der Waals surface area contributed by atoms with Crippen LogP contribution in [-0.2, 0) is 29.1 Å². The van der Waals surface area contributed by atoms with E-state index in [1.54, 1.807) is 22.2 Å². The number of anilines is 1. The van der Waals surface area contributed by atoms with Crippen LogP contribution < -0.4 is 4.90 Å². The van der Waals surface area contributed by atoms with Crippen LogP contribution in [0.1, 0.15) is 23.6 Å². The van der Waals surface area contributed by atoms with E-state index in [9.17, 15) is 9.59 Å². The molecule has 5 nitrogen and oxygen atoms in total. The standard InChI is InChI=1S/C25H25N3O2S/c1-2-19-9-11-20(12-10-19)15-27(16-21-6-5-13-26-14-21)24(29)17-28-22-7-3-4-8-23(22)31-18-25(28)30/h3-14H,2,15-18H2,1H3. The maximum absolute atomic E-state index is 13.4. The average molecular weight is 432 g/mol. The molecule has 0 saturated carbocycles. The van der Waals surface area contributed by atoms with Crippen molar-refractivity contribution in [2.45, 2.75) is 31.3 Å². The van der Waals surface area contributed by atoms with Crippen molar-refractivity contribution in [3.8, 4) is 0 Å². The lowest BCUT2D eigenvalue weighted by Gasteiger charge is -2.31. The van der Waals surface area contributed by atoms with E-state index in [4.69, 9.17) is 0 Å². The number of carbonyl (C=O) groups excluding carboxylic acids is 2. The zero-order valence-corrected chi connectivity index (χ0v) is 18.3. The Bertz CT molecular complexity index is 1050. The monoisotopic (exact) mass is 431 g/mol. The van der Waals surface area contributed by atoms with Crippen molar-refractivity contribution in [1.82, 2.24) is 9.88 Å². The van der Waals surface area contributed by atoms with Gasteiger partial charge in [-0.05, 0) is 41.3 Å². The van der Waals surface area contributed by atoms with Crippen LogP contribution in [0.15, 0.2) is 78.0 Å². The molecule has 0 bridgehead atoms. The quantitative estimate of drug-likeness (QED) is 0.559. The number of amides is 2. The molecular weight excluding hydrogens is 406 g/mol. The van der Waals surface area contributed by atoms with Crippen molar-refractivity contribution in [2.24, 2.45) is 0 Å². The molecule has 158 valence electrons. The van der Waals surface area contributed by atoms with Crippen LogP contribution >= 0.6 is 11.8 Å². The molecule has 2 amide bonds. The second-order valence-corrected chi connectivity index (χ2v) is 8.53. The number of hydrogen-bond acceptors (Lipinski definition) is 4. The van der Waals surface area contributed by atoms with Gasteiger partial charge in [0.25, 0.3) is 0 Å². The molecule has 1 aliphatic heterocycles. The van der Waals surface area contributed by atoms with Gasteiger partial charge in [0.1, 0.15) is 6.54 Å². The highest BCUT2D eigenvalue weighted by Gasteiger charge is 2.28. The number of aryl methyl sites for hydroxylation is 1. The summed E-state index contributed by atoms with van der Waals surface area (Å²) in [4.78, 5) is 34.7. The zero-order valence-electron chi connectivity index (χ0n) is 17.5. The fourth-order valence-corrected chi connectivity index (χ4v) is 4.54. The molecule has 0 aliphatic carbocycles. The van der Waals surface area contributed by atoms with Gasteiger partial charge in [0, 0.05) is 30.4 Å². The number of carbonyl (C=O) groups is 2. The fraction of sp³-hybridized carbons (Fsp3) is 0.240. The van der Waals surface area contributed by atoms with Crippen molar-refractivity contribution < 1.29 is 9.59 Å². The van der Waals surface area contributed by atoms with E-state index in [2.05, 4.69) is 36.2 Å². The van der Waals surface area contributed by atoms with Gasteiger partial charge in [-0.3, -0.25) is 14.6 Å². The molecular formula is C25H25N3O2S. The molecule has 0 unspecified atom stereocenters. The molecule has 1 aliphatic rings. The first kappa shape index (κ1) is 21.1. The van der Waals surface area contributed by atoms with Gasteiger partial charge in [0.2, 0.25) is 11.8 Å². The summed E-state index contributed by atoms with van der Waals surface area (Å²) < 4.78 is 0. The predicted molar refractivity (Wildman–Crippen MR) is 124 cm³/mol. The second kappa shape index (κ2) is 9.79. The topological polar surface area (TPSA) is 53.5 Å². The third-order valence-electron chi connectivity index (χ3n) is 5.36. The smallest absolute Gasteiger partial charge is 0.243 e. The van der Waals surface area contributed by atoms with E-state index in [0.29, 0.717) is 18.8 Å². The lowest BCUT2D eigenvalue weighted by Crippen LogP contribution is -2.44. The summed E-state index contributed by atoms with van der Waals surface area (Å²) >= 11 is 1.52. The SMILES string of the molecule is CCc1ccc(CN(Cc2cccnc2)C(=O)CN2C(=O)CSc3ccccc32)cc1. The molecule has 2 heterocycles. The van der Waals surface area contributed by atoms with Crippen LogP contribution in [-0.4, -0.2) is 34.0 Å². The van der Waals surface area contributed by atoms with Gasteiger partial charge in [-0.15, -0.1) is 11.8 Å². The minimum atomic E-state index is -0.0847. The van der Waals surface area contributed by atoms with Crippen LogP contribution in [0.3, 0.4) is 0 Å². The zero-order chi connectivity index (χ0) is 21.6. The van der Waals surface area contributed by atoms with Gasteiger partial charge >= 0.3 is 0 Å². The molecule has 1 aromatic heterocycles. The molecule has 4 rings (SSSR count). The minimum absolute atomic E-state index is 0.0315. The highest BCUT2D eigenvalue weighted by Crippen LogP contribution is 2.34. The summed E-state index contributed by atoms with van der Waals surface area (Å²) in [5.74, 6) is 0.231. The Kier molecular flexibility index (Phi) is 6.67. The third-order valence-corrected chi connectivity index (χ3v) is 6.40. The van der Waals surface area contributed by atoms with Crippen LogP contribution in [0.25, 0.3) is 0 Å². The third kappa shape index (κ3) is 5.14. The Morgan fingerprint density at radius 3 is 2.48 bits per heavy atom. The van der Waals surface area contributed by atoms with Crippen molar-refractivity contribution in [3.05, 3.63) is 89.7 Å². The lowest BCUT2D eigenvalue weighted by molar-refractivity contribution is -0.132. The van der Waals surface area contributed by atoms with E-state index < -0.39 is 0 Å². The Hall–Kier alpha value is -3.12. The normalized spacial score (nSPS) is 13.1. The number of fused-ring (bicyclic) bond motifs is 1. The number of pyridine rings is 1. The van der Waals surface area contributed by atoms with E-state index in [1.165, 1.54) is 17.3 Å². The minimum Gasteiger partial charge on any atom is -0.332 e. The Morgan fingerprint density at radius 2 is 1.74 bits per heavy atom. The van der Waals surface area contributed by atoms with Crippen molar-refractivity contribution >= 4 is 29.3 Å². The van der Waals surface area contributed by atoms with Crippen LogP contribution in [0.4, 0.5) is 5.69 Å². The highest BCUT2D eigenvalue weighted by atomic mass is 32.2. The van der Waals surface area contributed by atoms with E-state index in [0.717, 1.165) is 28.1 Å². The first-order valence-electron chi connectivity index (χ1n) is 10.4. The van der Waals surface area contributed by atoms with E-state index in [-0.39, 0.29) is 18.4 Å². The molecule has 0 saturated heterocycles. The van der Waals surface area contributed by atoms with Crippen molar-refractivity contribution in [2.75, 3.05) is 17.2 Å². The summed E-state index contributed by atoms with van der Waals surface area (Å²) in [5, 5.41) is 0. The number of benzene rings is 2. The average Bonchev–Trinajstić information content (AvgIpc) is 2.81. The predicted octanol–water partition coefficient (Wildman–Crippen LogP) is 4.31. The highest BCUT2D eigenvalue weighted by molar-refractivity contribution is 8.00. The van der Waals surface area contributed by atoms with Gasteiger partial charge in [-0.1, -0.05) is 49.4 Å². The number of para-hydroxylation sites is 1. The number of rotatable bonds is 7. The molecule has 0 atom stereocenters. The Balaban J connectivity index is 1.56. The molecule has 6 heteroatoms. The maximum atomic E-state index is 13.4. The van der Waals surface area contributed by atoms with Crippen LogP contribution in [0.5, 0.6) is 0 Å². The van der Waals surface area contributed by atoms with Gasteiger partial charge in [-0.25, -0.2) is 0 Å². The lowest BCUT2D eigenvalue weighted by atomic mass is 10.1. The van der Waals surface area contributed by atoms with E-state index >= 15 is 0 Å². The summed E-state index contributed by atoms with van der Waals surface area (Å²) in [7, 11) is 0. The maximum Gasteiger partial charge on any atom is 0.243 e. The summed E-state index contributed by atoms with van der Waals surface area (Å²) in [6, 6.07) is 19.9. The molecule has 2 aromatic carbocycles. The molecule has 0 radical (unpaired) electrons. The van der Waals surface area contributed by atoms with Gasteiger partial charge in [0.05, 0.1) is 11.4 Å². The van der Waals surface area contributed by atoms with Gasteiger partial charge in [-0.2, -0.15) is 0 Å². The number of thioether (sulfide) groups is 1. The number of nitrogens with zero attached hydrogens (tertiary/aromatic N) is 3. The molecule has 0 N–H and O–H groups in total. The van der Waals surface area contributed by atoms with Gasteiger partial charge in [0.15, 0.2) is 0 Å². The first-order chi connectivity index (χ1) is 15.1. The fourth-order valence-electron chi connectivity index (χ4n) is 3.61. The molecule has 0 fully saturated rings. The Morgan fingerprint density at radius 1 is 1.00 bits per heavy atom. The van der Waals surface area contributed by atoms with Crippen LogP contribution in [0, 0.1) is 0 Å². The first-order valence-corrected chi connectivity index (χ1v) is 11.4. The number of hydrogen-bond donors (Lipinski definition) is 0. The van der Waals surface area contributed by atoms with Crippen molar-refractivity contribution in [3.63, 3.8) is 0 Å².